The molecule has 17 heavy (non-hydrogen) atoms. The number of hydrogen-bond acceptors (Lipinski definition) is 3. The maximum Gasteiger partial charge on any atom is 0.165 e. The minimum Gasteiger partial charge on any atom is -0.488 e. The molecule has 1 heterocycles. The first-order valence-electron chi connectivity index (χ1n) is 5.01. The maximum atomic E-state index is 13.2. The molecule has 1 aromatic carbocycles. The van der Waals surface area contributed by atoms with Gasteiger partial charge in [0.15, 0.2) is 11.6 Å². The highest BCUT2D eigenvalue weighted by atomic mass is 19.1. The molecule has 0 saturated carbocycles. The topological polar surface area (TPSA) is 53.1 Å². The van der Waals surface area contributed by atoms with Crippen LogP contribution >= 0.6 is 0 Å². The third-order valence-electron chi connectivity index (χ3n) is 2.12. The fourth-order valence-corrected chi connectivity index (χ4v) is 1.34. The molecule has 0 aliphatic carbocycles. The van der Waals surface area contributed by atoms with Gasteiger partial charge in [0.05, 0.1) is 18.4 Å². The van der Waals surface area contributed by atoms with Crippen molar-refractivity contribution in [1.82, 2.24) is 9.78 Å². The number of nitrogens with zero attached hydrogens (tertiary/aromatic N) is 2. The van der Waals surface area contributed by atoms with Crippen LogP contribution in [0.5, 0.6) is 5.75 Å². The Bertz CT molecular complexity index is 513. The van der Waals surface area contributed by atoms with Crippen LogP contribution in [0.25, 0.3) is 0 Å². The quantitative estimate of drug-likeness (QED) is 0.885. The Morgan fingerprint density at radius 2 is 2.18 bits per heavy atom. The zero-order valence-electron chi connectivity index (χ0n) is 8.94. The summed E-state index contributed by atoms with van der Waals surface area (Å²) in [5, 5.41) is 3.93. The standard InChI is InChI=1S/C11H11F2N3O/c12-8-1-2-10(13)11(5-8)17-4-3-16-7-9(14)6-15-16/h1-2,5-7H,3-4,14H2. The fraction of sp³-hybridized carbons (Fsp3) is 0.182. The highest BCUT2D eigenvalue weighted by Crippen LogP contribution is 2.17. The molecule has 0 unspecified atom stereocenters. The van der Waals surface area contributed by atoms with Crippen LogP contribution in [-0.2, 0) is 6.54 Å². The van der Waals surface area contributed by atoms with Crippen LogP contribution in [0.3, 0.4) is 0 Å². The molecule has 0 aliphatic rings. The highest BCUT2D eigenvalue weighted by molar-refractivity contribution is 5.30. The summed E-state index contributed by atoms with van der Waals surface area (Å²) >= 11 is 0. The maximum absolute atomic E-state index is 13.2. The van der Waals surface area contributed by atoms with Gasteiger partial charge in [0.1, 0.15) is 12.4 Å². The number of rotatable bonds is 4. The van der Waals surface area contributed by atoms with Gasteiger partial charge in [-0.05, 0) is 12.1 Å². The van der Waals surface area contributed by atoms with Crippen molar-refractivity contribution in [2.24, 2.45) is 0 Å². The second kappa shape index (κ2) is 4.82. The minimum atomic E-state index is -0.591. The molecule has 0 fully saturated rings. The molecule has 0 aliphatic heterocycles. The number of aromatic nitrogens is 2. The van der Waals surface area contributed by atoms with E-state index in [1.165, 1.54) is 6.20 Å². The van der Waals surface area contributed by atoms with Crippen LogP contribution in [0.2, 0.25) is 0 Å². The van der Waals surface area contributed by atoms with E-state index in [4.69, 9.17) is 10.5 Å². The molecule has 4 nitrogen and oxygen atoms in total. The van der Waals surface area contributed by atoms with Crippen molar-refractivity contribution in [1.29, 1.82) is 0 Å². The third kappa shape index (κ3) is 2.93. The van der Waals surface area contributed by atoms with Gasteiger partial charge >= 0.3 is 0 Å². The molecule has 90 valence electrons. The number of hydrogen-bond donors (Lipinski definition) is 1. The predicted octanol–water partition coefficient (Wildman–Crippen LogP) is 1.82. The van der Waals surface area contributed by atoms with Crippen molar-refractivity contribution in [3.63, 3.8) is 0 Å². The Morgan fingerprint density at radius 3 is 2.88 bits per heavy atom. The van der Waals surface area contributed by atoms with Crippen molar-refractivity contribution < 1.29 is 13.5 Å². The summed E-state index contributed by atoms with van der Waals surface area (Å²) < 4.78 is 32.7. The van der Waals surface area contributed by atoms with Crippen LogP contribution < -0.4 is 10.5 Å². The van der Waals surface area contributed by atoms with E-state index in [1.54, 1.807) is 10.9 Å². The van der Waals surface area contributed by atoms with Crippen molar-refractivity contribution in [3.05, 3.63) is 42.2 Å². The molecular formula is C11H11F2N3O. The second-order valence-corrected chi connectivity index (χ2v) is 3.46. The van der Waals surface area contributed by atoms with Crippen LogP contribution in [0, 0.1) is 11.6 Å². The molecule has 0 spiro atoms. The summed E-state index contributed by atoms with van der Waals surface area (Å²) in [6, 6.07) is 3.07. The van der Waals surface area contributed by atoms with E-state index in [2.05, 4.69) is 5.10 Å². The first kappa shape index (κ1) is 11.4. The fourth-order valence-electron chi connectivity index (χ4n) is 1.34. The molecule has 6 heteroatoms. The van der Waals surface area contributed by atoms with Crippen LogP contribution in [-0.4, -0.2) is 16.4 Å². The zero-order chi connectivity index (χ0) is 12.3. The normalized spacial score (nSPS) is 10.5. The van der Waals surface area contributed by atoms with Crippen molar-refractivity contribution in [3.8, 4) is 5.75 Å². The van der Waals surface area contributed by atoms with E-state index >= 15 is 0 Å². The summed E-state index contributed by atoms with van der Waals surface area (Å²) in [5.41, 5.74) is 6.02. The lowest BCUT2D eigenvalue weighted by Crippen LogP contribution is -2.09. The van der Waals surface area contributed by atoms with Gasteiger partial charge in [-0.25, -0.2) is 8.78 Å². The Kier molecular flexibility index (Phi) is 3.22. The first-order chi connectivity index (χ1) is 8.15. The third-order valence-corrected chi connectivity index (χ3v) is 2.12. The number of halogens is 2. The smallest absolute Gasteiger partial charge is 0.165 e. The van der Waals surface area contributed by atoms with E-state index in [1.807, 2.05) is 0 Å². The lowest BCUT2D eigenvalue weighted by atomic mass is 10.3. The molecule has 1 aromatic heterocycles. The lowest BCUT2D eigenvalue weighted by Gasteiger charge is -2.07. The second-order valence-electron chi connectivity index (χ2n) is 3.46. The van der Waals surface area contributed by atoms with E-state index < -0.39 is 11.6 Å². The van der Waals surface area contributed by atoms with Gasteiger partial charge in [-0.1, -0.05) is 0 Å². The Morgan fingerprint density at radius 1 is 1.35 bits per heavy atom. The number of anilines is 1. The number of ether oxygens (including phenoxy) is 1. The van der Waals surface area contributed by atoms with Gasteiger partial charge in [-0.3, -0.25) is 4.68 Å². The average molecular weight is 239 g/mol. The monoisotopic (exact) mass is 239 g/mol. The summed E-state index contributed by atoms with van der Waals surface area (Å²) in [7, 11) is 0. The molecule has 0 radical (unpaired) electrons. The summed E-state index contributed by atoms with van der Waals surface area (Å²) in [6.07, 6.45) is 3.13. The van der Waals surface area contributed by atoms with Gasteiger partial charge in [-0.2, -0.15) is 5.10 Å². The summed E-state index contributed by atoms with van der Waals surface area (Å²) in [5.74, 6) is -1.23. The van der Waals surface area contributed by atoms with E-state index in [9.17, 15) is 8.78 Å². The Balaban J connectivity index is 1.91. The largest absolute Gasteiger partial charge is 0.488 e. The number of benzene rings is 1. The molecule has 2 aromatic rings. The van der Waals surface area contributed by atoms with Crippen molar-refractivity contribution in [2.75, 3.05) is 12.3 Å². The van der Waals surface area contributed by atoms with Crippen molar-refractivity contribution in [2.45, 2.75) is 6.54 Å². The van der Waals surface area contributed by atoms with Gasteiger partial charge in [0, 0.05) is 12.3 Å². The van der Waals surface area contributed by atoms with Crippen LogP contribution in [0.1, 0.15) is 0 Å². The van der Waals surface area contributed by atoms with Gasteiger partial charge in [0.2, 0.25) is 0 Å². The number of nitrogen functional groups attached to an aromatic ring is 1. The zero-order valence-corrected chi connectivity index (χ0v) is 8.94. The lowest BCUT2D eigenvalue weighted by molar-refractivity contribution is 0.277. The molecule has 0 saturated heterocycles. The molecule has 0 atom stereocenters. The summed E-state index contributed by atoms with van der Waals surface area (Å²) in [4.78, 5) is 0. The van der Waals surface area contributed by atoms with Gasteiger partial charge in [0.25, 0.3) is 0 Å². The van der Waals surface area contributed by atoms with Gasteiger partial charge in [-0.15, -0.1) is 0 Å². The molecule has 2 N–H and O–H groups in total. The van der Waals surface area contributed by atoms with E-state index in [0.717, 1.165) is 18.2 Å². The molecule has 0 bridgehead atoms. The average Bonchev–Trinajstić information content (AvgIpc) is 2.69. The Hall–Kier alpha value is -2.11. The van der Waals surface area contributed by atoms with Crippen LogP contribution in [0.4, 0.5) is 14.5 Å². The molecular weight excluding hydrogens is 228 g/mol. The van der Waals surface area contributed by atoms with Gasteiger partial charge < -0.3 is 10.5 Å². The molecule has 0 amide bonds. The molecule has 2 rings (SSSR count). The Labute approximate surface area is 96.6 Å². The highest BCUT2D eigenvalue weighted by Gasteiger charge is 2.04. The SMILES string of the molecule is Nc1cnn(CCOc2cc(F)ccc2F)c1. The first-order valence-corrected chi connectivity index (χ1v) is 5.01. The van der Waals surface area contributed by atoms with E-state index in [-0.39, 0.29) is 12.4 Å². The van der Waals surface area contributed by atoms with Crippen LogP contribution in [0.15, 0.2) is 30.6 Å². The number of nitrogens with two attached hydrogens (primary N) is 1. The summed E-state index contributed by atoms with van der Waals surface area (Å²) in [6.45, 7) is 0.592. The predicted molar refractivity (Wildman–Crippen MR) is 58.5 cm³/mol. The minimum absolute atomic E-state index is 0.106. The van der Waals surface area contributed by atoms with E-state index in [0.29, 0.717) is 12.2 Å². The van der Waals surface area contributed by atoms with Crippen molar-refractivity contribution >= 4 is 5.69 Å².